The normalized spacial score (nSPS) is 42.3. The minimum Gasteiger partial charge on any atom is -0.466 e. The highest BCUT2D eigenvalue weighted by atomic mass is 16.6. The molecule has 4 rings (SSSR count). The molecule has 4 aliphatic rings. The summed E-state index contributed by atoms with van der Waals surface area (Å²) in [6, 6.07) is 0. The van der Waals surface area contributed by atoms with Gasteiger partial charge in [-0.3, -0.25) is 19.2 Å². The van der Waals surface area contributed by atoms with E-state index in [2.05, 4.69) is 0 Å². The highest BCUT2D eigenvalue weighted by Crippen LogP contribution is 2.66. The van der Waals surface area contributed by atoms with Crippen LogP contribution in [0.5, 0.6) is 0 Å². The van der Waals surface area contributed by atoms with E-state index in [1.54, 1.807) is 0 Å². The van der Waals surface area contributed by atoms with E-state index in [0.717, 1.165) is 12.8 Å². The van der Waals surface area contributed by atoms with Crippen molar-refractivity contribution in [1.29, 1.82) is 0 Å². The number of fused-ring (bicyclic) bond motifs is 2. The minimum absolute atomic E-state index is 0.0340. The van der Waals surface area contributed by atoms with E-state index in [0.29, 0.717) is 6.42 Å². The van der Waals surface area contributed by atoms with E-state index in [4.69, 9.17) is 9.47 Å². The first-order valence-electron chi connectivity index (χ1n) is 11.3. The predicted octanol–water partition coefficient (Wildman–Crippen LogP) is 1.50. The van der Waals surface area contributed by atoms with Crippen molar-refractivity contribution in [2.75, 3.05) is 6.61 Å². The van der Waals surface area contributed by atoms with Gasteiger partial charge in [0.15, 0.2) is 11.6 Å². The maximum absolute atomic E-state index is 13.8. The Morgan fingerprint density at radius 1 is 1.06 bits per heavy atom. The molecular weight excluding hydrogens is 416 g/mol. The Hall–Kier alpha value is -2.06. The van der Waals surface area contributed by atoms with E-state index in [1.807, 2.05) is 20.8 Å². The van der Waals surface area contributed by atoms with Crippen LogP contribution in [0.25, 0.3) is 0 Å². The van der Waals surface area contributed by atoms with Gasteiger partial charge < -0.3 is 19.7 Å². The van der Waals surface area contributed by atoms with Gasteiger partial charge in [-0.25, -0.2) is 0 Å². The molecule has 0 heterocycles. The molecule has 0 aromatic rings. The van der Waals surface area contributed by atoms with Crippen LogP contribution >= 0.6 is 0 Å². The number of ether oxygens (including phenoxy) is 2. The Morgan fingerprint density at radius 3 is 2.31 bits per heavy atom. The van der Waals surface area contributed by atoms with Crippen molar-refractivity contribution < 1.29 is 38.9 Å². The zero-order valence-electron chi connectivity index (χ0n) is 19.3. The lowest BCUT2D eigenvalue weighted by molar-refractivity contribution is -0.177. The lowest BCUT2D eigenvalue weighted by Crippen LogP contribution is -2.63. The number of carbonyl (C=O) groups excluding carboxylic acids is 4. The third-order valence-electron chi connectivity index (χ3n) is 8.41. The maximum atomic E-state index is 13.8. The largest absolute Gasteiger partial charge is 0.466 e. The van der Waals surface area contributed by atoms with Crippen LogP contribution in [0.15, 0.2) is 11.1 Å². The van der Waals surface area contributed by atoms with Gasteiger partial charge in [-0.05, 0) is 24.7 Å². The molecule has 8 nitrogen and oxygen atoms in total. The summed E-state index contributed by atoms with van der Waals surface area (Å²) in [6.45, 7) is 8.36. The maximum Gasteiger partial charge on any atom is 0.303 e. The van der Waals surface area contributed by atoms with Crippen LogP contribution in [-0.2, 0) is 28.7 Å². The number of carbonyl (C=O) groups is 4. The van der Waals surface area contributed by atoms with Crippen LogP contribution < -0.4 is 0 Å². The van der Waals surface area contributed by atoms with E-state index >= 15 is 0 Å². The average Bonchev–Trinajstić information content (AvgIpc) is 3.40. The van der Waals surface area contributed by atoms with Gasteiger partial charge in [0.05, 0.1) is 12.0 Å². The molecule has 32 heavy (non-hydrogen) atoms. The number of rotatable bonds is 3. The monoisotopic (exact) mass is 448 g/mol. The second kappa shape index (κ2) is 7.22. The lowest BCUT2D eigenvalue weighted by Gasteiger charge is -2.59. The van der Waals surface area contributed by atoms with E-state index in [-0.39, 0.29) is 29.6 Å². The molecule has 4 aliphatic carbocycles. The highest BCUT2D eigenvalue weighted by Gasteiger charge is 2.73. The fourth-order valence-corrected chi connectivity index (χ4v) is 7.09. The Kier molecular flexibility index (Phi) is 5.21. The molecule has 2 N–H and O–H groups in total. The Morgan fingerprint density at radius 2 is 1.72 bits per heavy atom. The third kappa shape index (κ3) is 3.02. The molecule has 2 saturated carbocycles. The lowest BCUT2D eigenvalue weighted by atomic mass is 9.46. The van der Waals surface area contributed by atoms with Crippen molar-refractivity contribution >= 4 is 23.5 Å². The average molecular weight is 449 g/mol. The summed E-state index contributed by atoms with van der Waals surface area (Å²) in [5, 5.41) is 22.4. The molecule has 0 aromatic heterocycles. The standard InChI is InChI=1S/C24H32O8/c1-11(25)31-10-13-9-24(13)20(29)14-15(17(28)21(24)30)23(5)8-6-7-22(3,4)19(23)18(16(14)27)32-12(2)26/h13,16,18-19,21,27,30H,6-10H2,1-5H3/t13-,16+,18-,19+,21-,23-,24-/m1/s1. The Balaban J connectivity index is 1.85. The molecule has 0 bridgehead atoms. The molecule has 0 unspecified atom stereocenters. The molecule has 0 amide bonds. The molecule has 0 saturated heterocycles. The first-order valence-corrected chi connectivity index (χ1v) is 11.3. The summed E-state index contributed by atoms with van der Waals surface area (Å²) in [6.07, 6.45) is -1.58. The zero-order valence-corrected chi connectivity index (χ0v) is 19.3. The van der Waals surface area contributed by atoms with Crippen LogP contribution in [0.4, 0.5) is 0 Å². The van der Waals surface area contributed by atoms with Crippen molar-refractivity contribution in [2.45, 2.75) is 78.6 Å². The quantitative estimate of drug-likeness (QED) is 0.622. The number of hydrogen-bond donors (Lipinski definition) is 2. The van der Waals surface area contributed by atoms with Crippen molar-refractivity contribution in [3.8, 4) is 0 Å². The van der Waals surface area contributed by atoms with Gasteiger partial charge in [0, 0.05) is 42.2 Å². The van der Waals surface area contributed by atoms with Crippen LogP contribution in [0, 0.1) is 28.1 Å². The van der Waals surface area contributed by atoms with Crippen LogP contribution in [0.2, 0.25) is 0 Å². The molecule has 0 radical (unpaired) electrons. The molecule has 2 fully saturated rings. The molecule has 7 atom stereocenters. The number of hydrogen-bond acceptors (Lipinski definition) is 8. The summed E-state index contributed by atoms with van der Waals surface area (Å²) in [4.78, 5) is 50.5. The molecule has 8 heteroatoms. The van der Waals surface area contributed by atoms with Gasteiger partial charge in [-0.1, -0.05) is 27.2 Å². The van der Waals surface area contributed by atoms with E-state index < -0.39 is 64.5 Å². The molecule has 0 aromatic carbocycles. The van der Waals surface area contributed by atoms with Gasteiger partial charge in [-0.2, -0.15) is 0 Å². The topological polar surface area (TPSA) is 127 Å². The van der Waals surface area contributed by atoms with Crippen LogP contribution in [-0.4, -0.2) is 58.6 Å². The fraction of sp³-hybridized carbons (Fsp3) is 0.750. The van der Waals surface area contributed by atoms with Gasteiger partial charge in [0.25, 0.3) is 0 Å². The summed E-state index contributed by atoms with van der Waals surface area (Å²) >= 11 is 0. The van der Waals surface area contributed by atoms with Gasteiger partial charge in [0.2, 0.25) is 0 Å². The van der Waals surface area contributed by atoms with Gasteiger partial charge in [-0.15, -0.1) is 0 Å². The van der Waals surface area contributed by atoms with Crippen molar-refractivity contribution in [3.05, 3.63) is 11.1 Å². The smallest absolute Gasteiger partial charge is 0.303 e. The molecule has 1 spiro atoms. The second-order valence-electron chi connectivity index (χ2n) is 10.9. The first-order chi connectivity index (χ1) is 14.8. The van der Waals surface area contributed by atoms with E-state index in [9.17, 15) is 29.4 Å². The van der Waals surface area contributed by atoms with Crippen LogP contribution in [0.3, 0.4) is 0 Å². The van der Waals surface area contributed by atoms with Crippen molar-refractivity contribution in [1.82, 2.24) is 0 Å². The minimum atomic E-state index is -1.55. The third-order valence-corrected chi connectivity index (χ3v) is 8.41. The fourth-order valence-electron chi connectivity index (χ4n) is 7.09. The number of Topliss-reactive ketones (excluding diaryl/α,β-unsaturated/α-hetero) is 2. The van der Waals surface area contributed by atoms with Crippen molar-refractivity contribution in [3.63, 3.8) is 0 Å². The highest BCUT2D eigenvalue weighted by molar-refractivity contribution is 6.19. The van der Waals surface area contributed by atoms with Crippen LogP contribution in [0.1, 0.15) is 60.3 Å². The van der Waals surface area contributed by atoms with E-state index in [1.165, 1.54) is 13.8 Å². The second-order valence-corrected chi connectivity index (χ2v) is 10.9. The molecule has 176 valence electrons. The summed E-state index contributed by atoms with van der Waals surface area (Å²) in [5.41, 5.74) is -2.44. The molecule has 0 aliphatic heterocycles. The number of aliphatic hydroxyl groups is 2. The number of ketones is 2. The van der Waals surface area contributed by atoms with Crippen molar-refractivity contribution in [2.24, 2.45) is 28.1 Å². The Labute approximate surface area is 187 Å². The van der Waals surface area contributed by atoms with Gasteiger partial charge in [0.1, 0.15) is 18.3 Å². The van der Waals surface area contributed by atoms with Gasteiger partial charge >= 0.3 is 11.9 Å². The summed E-state index contributed by atoms with van der Waals surface area (Å²) < 4.78 is 10.6. The number of aliphatic hydroxyl groups excluding tert-OH is 2. The molecular formula is C24H32O8. The predicted molar refractivity (Wildman–Crippen MR) is 111 cm³/mol. The SMILES string of the molecule is CC(=O)OC[C@H]1C[C@]12C(=O)C1=C(C(=O)[C@H]2O)[C@@]2(C)CCCC(C)(C)[C@@H]2[C@H](OC(C)=O)[C@H]1O. The summed E-state index contributed by atoms with van der Waals surface area (Å²) in [7, 11) is 0. The Bertz CT molecular complexity index is 932. The number of esters is 2. The summed E-state index contributed by atoms with van der Waals surface area (Å²) in [5.74, 6) is -3.01. The zero-order chi connectivity index (χ0) is 23.8. The first kappa shape index (κ1) is 23.1.